The third-order valence-electron chi connectivity index (χ3n) is 3.52. The first-order chi connectivity index (χ1) is 10.3. The summed E-state index contributed by atoms with van der Waals surface area (Å²) < 4.78 is 5.24. The Kier molecular flexibility index (Phi) is 7.13. The van der Waals surface area contributed by atoms with Crippen molar-refractivity contribution in [3.63, 3.8) is 0 Å². The van der Waals surface area contributed by atoms with Gasteiger partial charge in [-0.15, -0.1) is 0 Å². The van der Waals surface area contributed by atoms with Crippen LogP contribution in [-0.2, 0) is 14.3 Å². The van der Waals surface area contributed by atoms with Crippen molar-refractivity contribution in [1.82, 2.24) is 5.32 Å². The molecule has 0 spiro atoms. The number of hydrogen-bond donors (Lipinski definition) is 7. The molecule has 1 fully saturated rings. The molecule has 1 saturated heterocycles. The standard InChI is InChI=1S/C12H21NO9/c14-2-1-5(12(21)13-3-7(16)17)11-10(20)9(19)8(18)6(4-15)22-11/h5-6,8-11,14-15,18-20H,1-4H2,(H,13,21)(H,16,17)/t5?,6-,8-,9+,10-,11?/m1/s1. The van der Waals surface area contributed by atoms with E-state index < -0.39 is 68.1 Å². The van der Waals surface area contributed by atoms with Gasteiger partial charge < -0.3 is 40.7 Å². The van der Waals surface area contributed by atoms with Gasteiger partial charge in [0, 0.05) is 6.61 Å². The van der Waals surface area contributed by atoms with Gasteiger partial charge in [-0.3, -0.25) is 9.59 Å². The lowest BCUT2D eigenvalue weighted by Gasteiger charge is -2.42. The molecule has 22 heavy (non-hydrogen) atoms. The maximum absolute atomic E-state index is 12.0. The van der Waals surface area contributed by atoms with Crippen molar-refractivity contribution in [2.24, 2.45) is 5.92 Å². The molecule has 0 aromatic rings. The van der Waals surface area contributed by atoms with Gasteiger partial charge in [0.1, 0.15) is 31.0 Å². The minimum atomic E-state index is -1.65. The highest BCUT2D eigenvalue weighted by molar-refractivity contribution is 5.83. The van der Waals surface area contributed by atoms with Gasteiger partial charge in [0.2, 0.25) is 5.91 Å². The van der Waals surface area contributed by atoms with Gasteiger partial charge in [-0.1, -0.05) is 0 Å². The number of nitrogens with one attached hydrogen (secondary N) is 1. The molecular formula is C12H21NO9. The Balaban J connectivity index is 2.88. The van der Waals surface area contributed by atoms with E-state index in [9.17, 15) is 24.9 Å². The van der Waals surface area contributed by atoms with E-state index >= 15 is 0 Å². The van der Waals surface area contributed by atoms with Crippen molar-refractivity contribution in [3.8, 4) is 0 Å². The summed E-state index contributed by atoms with van der Waals surface area (Å²) in [5.74, 6) is -3.22. The number of aliphatic carboxylic acids is 1. The van der Waals surface area contributed by atoms with Crippen LogP contribution in [0.1, 0.15) is 6.42 Å². The smallest absolute Gasteiger partial charge is 0.322 e. The number of ether oxygens (including phenoxy) is 1. The van der Waals surface area contributed by atoms with Crippen LogP contribution < -0.4 is 5.32 Å². The van der Waals surface area contributed by atoms with Crippen molar-refractivity contribution >= 4 is 11.9 Å². The highest BCUT2D eigenvalue weighted by Crippen LogP contribution is 2.27. The summed E-state index contributed by atoms with van der Waals surface area (Å²) >= 11 is 0. The summed E-state index contributed by atoms with van der Waals surface area (Å²) in [6, 6.07) is 0. The monoisotopic (exact) mass is 323 g/mol. The molecule has 0 aromatic carbocycles. The second-order valence-corrected chi connectivity index (χ2v) is 5.02. The number of amides is 1. The predicted molar refractivity (Wildman–Crippen MR) is 69.6 cm³/mol. The summed E-state index contributed by atoms with van der Waals surface area (Å²) in [6.07, 6.45) is -7.50. The zero-order valence-electron chi connectivity index (χ0n) is 11.7. The Labute approximate surface area is 125 Å². The van der Waals surface area contributed by atoms with Crippen LogP contribution in [0.15, 0.2) is 0 Å². The highest BCUT2D eigenvalue weighted by atomic mass is 16.5. The summed E-state index contributed by atoms with van der Waals surface area (Å²) in [4.78, 5) is 22.4. The fourth-order valence-corrected chi connectivity index (χ4v) is 2.34. The molecule has 0 saturated carbocycles. The molecule has 7 N–H and O–H groups in total. The van der Waals surface area contributed by atoms with E-state index in [0.29, 0.717) is 0 Å². The van der Waals surface area contributed by atoms with Crippen molar-refractivity contribution < 1.29 is 45.0 Å². The van der Waals surface area contributed by atoms with Crippen molar-refractivity contribution in [2.75, 3.05) is 19.8 Å². The largest absolute Gasteiger partial charge is 0.480 e. The average Bonchev–Trinajstić information content (AvgIpc) is 2.49. The van der Waals surface area contributed by atoms with Gasteiger partial charge in [0.25, 0.3) is 0 Å². The van der Waals surface area contributed by atoms with Crippen LogP contribution in [0.25, 0.3) is 0 Å². The third-order valence-corrected chi connectivity index (χ3v) is 3.52. The molecule has 10 heteroatoms. The van der Waals surface area contributed by atoms with Crippen molar-refractivity contribution in [2.45, 2.75) is 36.9 Å². The zero-order chi connectivity index (χ0) is 16.9. The Morgan fingerprint density at radius 1 is 1.09 bits per heavy atom. The molecule has 1 aliphatic rings. The van der Waals surface area contributed by atoms with Gasteiger partial charge >= 0.3 is 5.97 Å². The molecule has 1 heterocycles. The molecule has 1 aliphatic heterocycles. The van der Waals surface area contributed by atoms with Crippen LogP contribution in [0, 0.1) is 5.92 Å². The molecule has 0 radical (unpaired) electrons. The number of carboxylic acid groups (broad SMARTS) is 1. The van der Waals surface area contributed by atoms with E-state index in [1.54, 1.807) is 0 Å². The predicted octanol–water partition coefficient (Wildman–Crippen LogP) is -3.97. The first kappa shape index (κ1) is 18.7. The molecule has 1 amide bonds. The molecule has 10 nitrogen and oxygen atoms in total. The third kappa shape index (κ3) is 4.35. The van der Waals surface area contributed by atoms with Crippen molar-refractivity contribution in [3.05, 3.63) is 0 Å². The molecular weight excluding hydrogens is 302 g/mol. The zero-order valence-corrected chi connectivity index (χ0v) is 11.7. The fourth-order valence-electron chi connectivity index (χ4n) is 2.34. The number of carbonyl (C=O) groups excluding carboxylic acids is 1. The number of rotatable bonds is 7. The normalized spacial score (nSPS) is 33.2. The Morgan fingerprint density at radius 2 is 1.73 bits per heavy atom. The van der Waals surface area contributed by atoms with Crippen LogP contribution in [0.2, 0.25) is 0 Å². The van der Waals surface area contributed by atoms with Gasteiger partial charge in [-0.05, 0) is 6.42 Å². The minimum absolute atomic E-state index is 0.159. The quantitative estimate of drug-likeness (QED) is 0.246. The molecule has 0 bridgehead atoms. The number of aliphatic hydroxyl groups excluding tert-OH is 5. The molecule has 2 unspecified atom stereocenters. The Morgan fingerprint density at radius 3 is 2.23 bits per heavy atom. The van der Waals surface area contributed by atoms with Gasteiger partial charge in [0.05, 0.1) is 18.6 Å². The summed E-state index contributed by atoms with van der Waals surface area (Å²) in [6.45, 7) is -1.75. The lowest BCUT2D eigenvalue weighted by molar-refractivity contribution is -0.240. The molecule has 128 valence electrons. The SMILES string of the molecule is O=C(O)CNC(=O)C(CCO)C1O[C@H](CO)[C@@H](O)[C@H](O)[C@H]1O. The van der Waals surface area contributed by atoms with E-state index in [1.165, 1.54) is 0 Å². The topological polar surface area (TPSA) is 177 Å². The van der Waals surface area contributed by atoms with Crippen LogP contribution >= 0.6 is 0 Å². The number of carbonyl (C=O) groups is 2. The van der Waals surface area contributed by atoms with E-state index in [-0.39, 0.29) is 6.42 Å². The van der Waals surface area contributed by atoms with E-state index in [4.69, 9.17) is 20.1 Å². The second kappa shape index (κ2) is 8.36. The lowest BCUT2D eigenvalue weighted by atomic mass is 9.86. The number of hydrogen-bond acceptors (Lipinski definition) is 8. The van der Waals surface area contributed by atoms with Crippen LogP contribution in [0.5, 0.6) is 0 Å². The summed E-state index contributed by atoms with van der Waals surface area (Å²) in [5.41, 5.74) is 0. The number of aliphatic hydroxyl groups is 5. The first-order valence-electron chi connectivity index (χ1n) is 6.74. The molecule has 0 aliphatic carbocycles. The number of carboxylic acids is 1. The molecule has 1 rings (SSSR count). The molecule has 0 aromatic heterocycles. The van der Waals surface area contributed by atoms with Crippen molar-refractivity contribution in [1.29, 1.82) is 0 Å². The second-order valence-electron chi connectivity index (χ2n) is 5.02. The van der Waals surface area contributed by atoms with E-state index in [0.717, 1.165) is 0 Å². The van der Waals surface area contributed by atoms with Gasteiger partial charge in [-0.2, -0.15) is 0 Å². The highest BCUT2D eigenvalue weighted by Gasteiger charge is 2.47. The summed E-state index contributed by atoms with van der Waals surface area (Å²) in [7, 11) is 0. The minimum Gasteiger partial charge on any atom is -0.480 e. The van der Waals surface area contributed by atoms with E-state index in [1.807, 2.05) is 0 Å². The first-order valence-corrected chi connectivity index (χ1v) is 6.74. The van der Waals surface area contributed by atoms with Crippen LogP contribution in [0.4, 0.5) is 0 Å². The van der Waals surface area contributed by atoms with Crippen LogP contribution in [-0.4, -0.2) is 92.8 Å². The maximum atomic E-state index is 12.0. The summed E-state index contributed by atoms with van der Waals surface area (Å²) in [5, 5.41) is 58.1. The Bertz CT molecular complexity index is 389. The van der Waals surface area contributed by atoms with E-state index in [2.05, 4.69) is 5.32 Å². The van der Waals surface area contributed by atoms with Crippen LogP contribution in [0.3, 0.4) is 0 Å². The van der Waals surface area contributed by atoms with Gasteiger partial charge in [-0.25, -0.2) is 0 Å². The fraction of sp³-hybridized carbons (Fsp3) is 0.833. The maximum Gasteiger partial charge on any atom is 0.322 e. The van der Waals surface area contributed by atoms with Gasteiger partial charge in [0.15, 0.2) is 0 Å². The lowest BCUT2D eigenvalue weighted by Crippen LogP contribution is -2.62. The Hall–Kier alpha value is -1.30. The molecule has 6 atom stereocenters. The average molecular weight is 323 g/mol.